The summed E-state index contributed by atoms with van der Waals surface area (Å²) in [6, 6.07) is 17.8. The highest BCUT2D eigenvalue weighted by atomic mass is 16.3. The monoisotopic (exact) mass is 446 g/mol. The normalized spacial score (nSPS) is 15.4. The van der Waals surface area contributed by atoms with Gasteiger partial charge in [0.1, 0.15) is 5.76 Å². The molecule has 3 aromatic rings. The van der Waals surface area contributed by atoms with E-state index < -0.39 is 5.92 Å². The van der Waals surface area contributed by atoms with Gasteiger partial charge in [0.2, 0.25) is 11.8 Å². The number of furan rings is 1. The summed E-state index contributed by atoms with van der Waals surface area (Å²) in [4.78, 5) is 38.8. The highest BCUT2D eigenvalue weighted by Gasteiger charge is 2.35. The topological polar surface area (TPSA) is 104 Å². The highest BCUT2D eigenvalue weighted by Crippen LogP contribution is 2.26. The molecule has 1 saturated heterocycles. The Balaban J connectivity index is 1.28. The number of carbonyl (C=O) groups is 3. The first-order valence-corrected chi connectivity index (χ1v) is 10.9. The van der Waals surface area contributed by atoms with Gasteiger partial charge in [-0.15, -0.1) is 0 Å². The van der Waals surface area contributed by atoms with Crippen molar-refractivity contribution >= 4 is 34.9 Å². The molecule has 33 heavy (non-hydrogen) atoms. The third kappa shape index (κ3) is 5.60. The maximum Gasteiger partial charge on any atom is 0.319 e. The first-order valence-electron chi connectivity index (χ1n) is 10.9. The summed E-state index contributed by atoms with van der Waals surface area (Å²) in [5.41, 5.74) is 3.20. The van der Waals surface area contributed by atoms with Gasteiger partial charge >= 0.3 is 6.03 Å². The molecule has 0 saturated carbocycles. The van der Waals surface area contributed by atoms with Gasteiger partial charge in [-0.3, -0.25) is 9.59 Å². The zero-order valence-corrected chi connectivity index (χ0v) is 18.3. The van der Waals surface area contributed by atoms with Crippen molar-refractivity contribution in [3.05, 3.63) is 78.3 Å². The third-order valence-electron chi connectivity index (χ3n) is 5.57. The van der Waals surface area contributed by atoms with E-state index in [-0.39, 0.29) is 30.8 Å². The number of hydrogen-bond donors (Lipinski definition) is 3. The molecule has 2 aromatic carbocycles. The van der Waals surface area contributed by atoms with Crippen LogP contribution in [0.15, 0.2) is 71.3 Å². The molecule has 0 aliphatic carbocycles. The summed E-state index contributed by atoms with van der Waals surface area (Å²) in [6.07, 6.45) is 2.66. The van der Waals surface area contributed by atoms with Crippen LogP contribution in [-0.4, -0.2) is 24.4 Å². The molecule has 1 atom stereocenters. The Morgan fingerprint density at radius 1 is 1.00 bits per heavy atom. The minimum atomic E-state index is -0.423. The molecule has 1 unspecified atom stereocenters. The number of nitrogens with one attached hydrogen (secondary N) is 3. The van der Waals surface area contributed by atoms with Crippen molar-refractivity contribution in [3.8, 4) is 0 Å². The number of hydrogen-bond acceptors (Lipinski definition) is 4. The van der Waals surface area contributed by atoms with Crippen molar-refractivity contribution in [1.29, 1.82) is 0 Å². The van der Waals surface area contributed by atoms with Crippen LogP contribution in [0.5, 0.6) is 0 Å². The zero-order chi connectivity index (χ0) is 23.2. The maximum absolute atomic E-state index is 12.7. The smallest absolute Gasteiger partial charge is 0.319 e. The number of anilines is 3. The molecule has 2 heterocycles. The van der Waals surface area contributed by atoms with Crippen LogP contribution in [0.4, 0.5) is 21.9 Å². The molecule has 1 aliphatic rings. The van der Waals surface area contributed by atoms with Gasteiger partial charge in [-0.25, -0.2) is 4.79 Å². The van der Waals surface area contributed by atoms with Gasteiger partial charge in [0.05, 0.1) is 18.7 Å². The molecular formula is C25H26N4O4. The Bertz CT molecular complexity index is 1110. The number of carbonyl (C=O) groups excluding carboxylic acids is 3. The molecule has 170 valence electrons. The van der Waals surface area contributed by atoms with Crippen LogP contribution in [0.25, 0.3) is 0 Å². The summed E-state index contributed by atoms with van der Waals surface area (Å²) < 4.78 is 5.17. The van der Waals surface area contributed by atoms with E-state index in [2.05, 4.69) is 22.9 Å². The summed E-state index contributed by atoms with van der Waals surface area (Å²) in [6.45, 7) is 2.72. The van der Waals surface area contributed by atoms with Crippen molar-refractivity contribution in [1.82, 2.24) is 5.32 Å². The molecule has 4 rings (SSSR count). The van der Waals surface area contributed by atoms with E-state index in [1.54, 1.807) is 47.6 Å². The Morgan fingerprint density at radius 2 is 1.70 bits per heavy atom. The van der Waals surface area contributed by atoms with Gasteiger partial charge in [0, 0.05) is 30.0 Å². The molecule has 0 spiro atoms. The third-order valence-corrected chi connectivity index (χ3v) is 5.57. The number of aryl methyl sites for hydroxylation is 1. The summed E-state index contributed by atoms with van der Waals surface area (Å²) in [5.74, 6) is -0.0221. The van der Waals surface area contributed by atoms with Crippen molar-refractivity contribution in [2.45, 2.75) is 26.3 Å². The highest BCUT2D eigenvalue weighted by molar-refractivity contribution is 6.03. The Hall–Kier alpha value is -4.07. The van der Waals surface area contributed by atoms with Crippen LogP contribution in [0.2, 0.25) is 0 Å². The Morgan fingerprint density at radius 3 is 2.33 bits per heavy atom. The molecule has 3 N–H and O–H groups in total. The van der Waals surface area contributed by atoms with Gasteiger partial charge in [-0.05, 0) is 60.5 Å². The predicted molar refractivity (Wildman–Crippen MR) is 126 cm³/mol. The van der Waals surface area contributed by atoms with Crippen LogP contribution in [0.3, 0.4) is 0 Å². The van der Waals surface area contributed by atoms with Crippen LogP contribution in [-0.2, 0) is 22.6 Å². The van der Waals surface area contributed by atoms with E-state index in [0.717, 1.165) is 12.1 Å². The molecule has 0 radical (unpaired) electrons. The van der Waals surface area contributed by atoms with Gasteiger partial charge in [0.15, 0.2) is 0 Å². The largest absolute Gasteiger partial charge is 0.467 e. The molecule has 1 aliphatic heterocycles. The van der Waals surface area contributed by atoms with Gasteiger partial charge in [-0.2, -0.15) is 0 Å². The zero-order valence-electron chi connectivity index (χ0n) is 18.3. The van der Waals surface area contributed by atoms with Crippen molar-refractivity contribution in [3.63, 3.8) is 0 Å². The fraction of sp³-hybridized carbons (Fsp3) is 0.240. The van der Waals surface area contributed by atoms with Crippen molar-refractivity contribution < 1.29 is 18.8 Å². The molecule has 1 fully saturated rings. The Labute approximate surface area is 192 Å². The van der Waals surface area contributed by atoms with E-state index in [1.165, 1.54) is 5.56 Å². The van der Waals surface area contributed by atoms with Crippen LogP contribution >= 0.6 is 0 Å². The van der Waals surface area contributed by atoms with E-state index in [1.807, 2.05) is 24.3 Å². The minimum Gasteiger partial charge on any atom is -0.467 e. The lowest BCUT2D eigenvalue weighted by Crippen LogP contribution is -2.28. The first kappa shape index (κ1) is 22.1. The Kier molecular flexibility index (Phi) is 6.73. The summed E-state index contributed by atoms with van der Waals surface area (Å²) in [7, 11) is 0. The number of benzene rings is 2. The van der Waals surface area contributed by atoms with Crippen LogP contribution < -0.4 is 20.9 Å². The number of rotatable bonds is 7. The van der Waals surface area contributed by atoms with Crippen molar-refractivity contribution in [2.75, 3.05) is 22.1 Å². The standard InChI is InChI=1S/C25H26N4O4/c1-2-17-5-11-21(12-6-17)29-16-18(14-23(29)30)24(31)27-19-7-9-20(10-8-19)28-25(32)26-15-22-4-3-13-33-22/h3-13,18H,2,14-16H2,1H3,(H,27,31)(H2,26,28,32). The molecule has 4 amide bonds. The second-order valence-electron chi connectivity index (χ2n) is 7.88. The summed E-state index contributed by atoms with van der Waals surface area (Å²) in [5, 5.41) is 8.28. The fourth-order valence-electron chi connectivity index (χ4n) is 3.68. The van der Waals surface area contributed by atoms with E-state index >= 15 is 0 Å². The van der Waals surface area contributed by atoms with E-state index in [9.17, 15) is 14.4 Å². The van der Waals surface area contributed by atoms with Crippen LogP contribution in [0, 0.1) is 5.92 Å². The van der Waals surface area contributed by atoms with Crippen LogP contribution in [0.1, 0.15) is 24.7 Å². The molecular weight excluding hydrogens is 420 g/mol. The van der Waals surface area contributed by atoms with E-state index in [0.29, 0.717) is 23.7 Å². The van der Waals surface area contributed by atoms with E-state index in [4.69, 9.17) is 4.42 Å². The first-order chi connectivity index (χ1) is 16.0. The number of nitrogens with zero attached hydrogens (tertiary/aromatic N) is 1. The predicted octanol–water partition coefficient (Wildman–Crippen LogP) is 4.16. The fourth-order valence-corrected chi connectivity index (χ4v) is 3.68. The molecule has 0 bridgehead atoms. The second kappa shape index (κ2) is 10.0. The summed E-state index contributed by atoms with van der Waals surface area (Å²) >= 11 is 0. The lowest BCUT2D eigenvalue weighted by Gasteiger charge is -2.17. The van der Waals surface area contributed by atoms with Crippen molar-refractivity contribution in [2.24, 2.45) is 5.92 Å². The van der Waals surface area contributed by atoms with Gasteiger partial charge in [-0.1, -0.05) is 19.1 Å². The lowest BCUT2D eigenvalue weighted by atomic mass is 10.1. The molecule has 1 aromatic heterocycles. The quantitative estimate of drug-likeness (QED) is 0.507. The average molecular weight is 447 g/mol. The lowest BCUT2D eigenvalue weighted by molar-refractivity contribution is -0.122. The second-order valence-corrected chi connectivity index (χ2v) is 7.88. The van der Waals surface area contributed by atoms with Gasteiger partial charge in [0.25, 0.3) is 0 Å². The van der Waals surface area contributed by atoms with Gasteiger partial charge < -0.3 is 25.3 Å². The number of urea groups is 1. The average Bonchev–Trinajstić information content (AvgIpc) is 3.49. The number of amides is 4. The molecule has 8 nitrogen and oxygen atoms in total. The molecule has 8 heteroatoms. The minimum absolute atomic E-state index is 0.0560. The maximum atomic E-state index is 12.7. The SMILES string of the molecule is CCc1ccc(N2CC(C(=O)Nc3ccc(NC(=O)NCc4ccco4)cc3)CC2=O)cc1.